The van der Waals surface area contributed by atoms with E-state index in [4.69, 9.17) is 24.6 Å². The summed E-state index contributed by atoms with van der Waals surface area (Å²) < 4.78 is 59.2. The lowest BCUT2D eigenvalue weighted by atomic mass is 10.1. The molecular weight excluding hydrogens is 704 g/mol. The number of benzene rings is 2. The largest absolute Gasteiger partial charge is 0.497 e. The van der Waals surface area contributed by atoms with Crippen molar-refractivity contribution in [3.8, 4) is 22.8 Å². The molecule has 3 N–H and O–H groups in total. The number of fused-ring (bicyclic) bond motifs is 3. The zero-order valence-electron chi connectivity index (χ0n) is 29.5. The first-order valence-electron chi connectivity index (χ1n) is 18.2. The van der Waals surface area contributed by atoms with Crippen LogP contribution < -0.4 is 19.9 Å². The topological polar surface area (TPSA) is 171 Å². The normalized spacial score (nSPS) is 21.4. The van der Waals surface area contributed by atoms with Gasteiger partial charge in [-0.25, -0.2) is 17.8 Å². The van der Waals surface area contributed by atoms with E-state index in [-0.39, 0.29) is 42.7 Å². The minimum atomic E-state index is -3.51. The molecule has 12 nitrogen and oxygen atoms in total. The van der Waals surface area contributed by atoms with Crippen molar-refractivity contribution in [2.75, 3.05) is 13.7 Å². The maximum atomic E-state index is 14.9. The smallest absolute Gasteiger partial charge is 0.240 e. The van der Waals surface area contributed by atoms with Gasteiger partial charge in [0.2, 0.25) is 27.7 Å². The number of likely N-dealkylation sites (tertiary alicyclic amines) is 1. The van der Waals surface area contributed by atoms with Crippen LogP contribution in [0.15, 0.2) is 65.1 Å². The molecule has 280 valence electrons. The van der Waals surface area contributed by atoms with E-state index >= 15 is 0 Å². The number of furan rings is 1. The molecule has 4 aromatic rings. The Bertz CT molecular complexity index is 2180. The fourth-order valence-corrected chi connectivity index (χ4v) is 8.38. The number of carbonyl (C=O) groups excluding carboxylic acids is 3. The summed E-state index contributed by atoms with van der Waals surface area (Å²) in [5.74, 6) is -0.928. The van der Waals surface area contributed by atoms with Crippen molar-refractivity contribution in [1.82, 2.24) is 14.6 Å². The molecule has 3 aliphatic rings. The third-order valence-corrected chi connectivity index (χ3v) is 12.1. The monoisotopic (exact) mass is 746 g/mol. The zero-order valence-corrected chi connectivity index (χ0v) is 30.3. The minimum Gasteiger partial charge on any atom is -0.497 e. The van der Waals surface area contributed by atoms with Crippen LogP contribution in [0.4, 0.5) is 4.39 Å². The number of primary amides is 1. The van der Waals surface area contributed by atoms with E-state index in [2.05, 4.69) is 4.72 Å². The summed E-state index contributed by atoms with van der Waals surface area (Å²) in [4.78, 5) is 44.3. The van der Waals surface area contributed by atoms with Crippen LogP contribution in [0.2, 0.25) is 0 Å². The average Bonchev–Trinajstić information content (AvgIpc) is 4.06. The molecular formula is C39H43FN4O8S. The summed E-state index contributed by atoms with van der Waals surface area (Å²) in [6.07, 6.45) is 9.93. The number of allylic oxidation sites excluding steroid dienone is 2. The van der Waals surface area contributed by atoms with Crippen molar-refractivity contribution in [2.45, 2.75) is 81.6 Å². The third kappa shape index (κ3) is 8.17. The fourth-order valence-electron chi connectivity index (χ4n) is 7.03. The summed E-state index contributed by atoms with van der Waals surface area (Å²) in [7, 11) is -1.95. The Morgan fingerprint density at radius 3 is 2.62 bits per heavy atom. The second-order valence-corrected chi connectivity index (χ2v) is 16.1. The van der Waals surface area contributed by atoms with Gasteiger partial charge in [0, 0.05) is 30.4 Å². The summed E-state index contributed by atoms with van der Waals surface area (Å²) in [5, 5.41) is 0.249. The maximum absolute atomic E-state index is 14.9. The third-order valence-electron chi connectivity index (χ3n) is 10.2. The first kappa shape index (κ1) is 36.4. The molecule has 2 aliphatic carbocycles. The Labute approximate surface area is 306 Å². The number of carbonyl (C=O) groups is 3. The number of hydrogen-bond acceptors (Lipinski definition) is 9. The predicted molar refractivity (Wildman–Crippen MR) is 196 cm³/mol. The van der Waals surface area contributed by atoms with Crippen LogP contribution in [0.1, 0.15) is 64.2 Å². The maximum Gasteiger partial charge on any atom is 0.240 e. The zero-order chi connectivity index (χ0) is 37.3. The van der Waals surface area contributed by atoms with E-state index in [1.165, 1.54) is 11.0 Å². The number of hydrogen-bond donors (Lipinski definition) is 2. The Hall–Kier alpha value is -4.98. The lowest BCUT2D eigenvalue weighted by Gasteiger charge is -2.22. The highest BCUT2D eigenvalue weighted by atomic mass is 32.2. The number of methoxy groups -OCH3 is 1. The molecule has 53 heavy (non-hydrogen) atoms. The molecule has 0 spiro atoms. The number of aromatic nitrogens is 1. The molecule has 3 fully saturated rings. The highest BCUT2D eigenvalue weighted by Crippen LogP contribution is 2.41. The van der Waals surface area contributed by atoms with Gasteiger partial charge >= 0.3 is 0 Å². The van der Waals surface area contributed by atoms with Gasteiger partial charge < -0.3 is 24.5 Å². The van der Waals surface area contributed by atoms with Gasteiger partial charge in [-0.15, -0.1) is 0 Å². The molecule has 0 radical (unpaired) electrons. The van der Waals surface area contributed by atoms with Gasteiger partial charge in [0.25, 0.3) is 0 Å². The van der Waals surface area contributed by atoms with Crippen molar-refractivity contribution >= 4 is 49.8 Å². The van der Waals surface area contributed by atoms with Crippen LogP contribution >= 0.6 is 0 Å². The molecule has 1 saturated heterocycles. The second-order valence-electron chi connectivity index (χ2n) is 14.2. The van der Waals surface area contributed by atoms with Gasteiger partial charge in [-0.05, 0) is 74.8 Å². The first-order chi connectivity index (χ1) is 25.5. The van der Waals surface area contributed by atoms with Crippen LogP contribution in [0.25, 0.3) is 33.3 Å². The van der Waals surface area contributed by atoms with Gasteiger partial charge in [-0.2, -0.15) is 0 Å². The van der Waals surface area contributed by atoms with Gasteiger partial charge in [0.1, 0.15) is 34.8 Å². The highest BCUT2D eigenvalue weighted by Gasteiger charge is 2.45. The van der Waals surface area contributed by atoms with E-state index < -0.39 is 45.1 Å². The Morgan fingerprint density at radius 2 is 1.87 bits per heavy atom. The summed E-state index contributed by atoms with van der Waals surface area (Å²) in [6, 6.07) is 12.4. The number of sulfonamides is 1. The van der Waals surface area contributed by atoms with Gasteiger partial charge in [-0.3, -0.25) is 19.1 Å². The second kappa shape index (κ2) is 15.2. The Morgan fingerprint density at radius 1 is 1.08 bits per heavy atom. The number of pyridine rings is 1. The predicted octanol–water partition coefficient (Wildman–Crippen LogP) is 5.77. The number of nitrogens with zero attached hydrogens (tertiary/aromatic N) is 2. The summed E-state index contributed by atoms with van der Waals surface area (Å²) >= 11 is 0. The highest BCUT2D eigenvalue weighted by molar-refractivity contribution is 7.90. The molecule has 14 heteroatoms. The number of nitrogens with one attached hydrogen (secondary N) is 1. The minimum absolute atomic E-state index is 0.0785. The van der Waals surface area contributed by atoms with Crippen molar-refractivity contribution in [2.24, 2.45) is 17.6 Å². The Kier molecular flexibility index (Phi) is 10.4. The van der Waals surface area contributed by atoms with Crippen LogP contribution in [-0.2, 0) is 24.4 Å². The van der Waals surface area contributed by atoms with Crippen LogP contribution in [0, 0.1) is 17.7 Å². The SMILES string of the molecule is COc1ccc2oc3c(O[C@@H]4C[C@@H](C(N)=O)N(C(=O)CCCCCC/C=C\[C@@H]5C[C@@H]5C(=O)NS(=O)(=O)C5CC5)C4)cc(-c4ccccc4F)nc3c2c1. The molecule has 7 rings (SSSR count). The number of ether oxygens (including phenoxy) is 2. The lowest BCUT2D eigenvalue weighted by molar-refractivity contribution is -0.137. The molecule has 0 unspecified atom stereocenters. The van der Waals surface area contributed by atoms with Crippen molar-refractivity contribution in [1.29, 1.82) is 0 Å². The Balaban J connectivity index is 0.931. The van der Waals surface area contributed by atoms with Crippen molar-refractivity contribution in [3.05, 3.63) is 66.5 Å². The summed E-state index contributed by atoms with van der Waals surface area (Å²) in [5.41, 5.74) is 7.73. The number of amides is 3. The number of nitrogens with two attached hydrogens (primary N) is 1. The van der Waals surface area contributed by atoms with Crippen molar-refractivity contribution in [3.63, 3.8) is 0 Å². The molecule has 2 aromatic heterocycles. The molecule has 3 amide bonds. The van der Waals surface area contributed by atoms with E-state index in [0.29, 0.717) is 64.9 Å². The van der Waals surface area contributed by atoms with Gasteiger partial charge in [-0.1, -0.05) is 37.1 Å². The molecule has 0 bridgehead atoms. The summed E-state index contributed by atoms with van der Waals surface area (Å²) in [6.45, 7) is 0.150. The quantitative estimate of drug-likeness (QED) is 0.107. The van der Waals surface area contributed by atoms with Gasteiger partial charge in [0.05, 0.1) is 30.0 Å². The standard InChI is InChI=1S/C39H43FN4O8S/c1-50-24-14-17-33-29(19-24)36-37(52-33)34(21-31(42-36)27-11-8-9-12-30(27)40)51-25-20-32(38(41)46)44(22-25)35(45)13-7-5-3-2-4-6-10-23-18-28(23)39(47)43-53(48,49)26-15-16-26/h6,8-12,14,17,19,21,23,25-26,28,32H,2-5,7,13,15-16,18,20,22H2,1H3,(H2,41,46)(H,43,47)/b10-6-/t23-,25-,28+,32+/m1/s1. The van der Waals surface area contributed by atoms with E-state index in [0.717, 1.165) is 25.7 Å². The fraction of sp³-hybridized carbons (Fsp3) is 0.436. The number of halogens is 1. The van der Waals surface area contributed by atoms with E-state index in [1.54, 1.807) is 49.6 Å². The van der Waals surface area contributed by atoms with E-state index in [9.17, 15) is 27.2 Å². The van der Waals surface area contributed by atoms with Crippen LogP contribution in [0.5, 0.6) is 11.5 Å². The van der Waals surface area contributed by atoms with Gasteiger partial charge in [0.15, 0.2) is 11.3 Å². The molecule has 2 saturated carbocycles. The van der Waals surface area contributed by atoms with Crippen LogP contribution in [0.3, 0.4) is 0 Å². The van der Waals surface area contributed by atoms with Crippen molar-refractivity contribution < 1.29 is 41.1 Å². The van der Waals surface area contributed by atoms with Crippen LogP contribution in [-0.4, -0.2) is 67.1 Å². The molecule has 3 heterocycles. The molecule has 4 atom stereocenters. The lowest BCUT2D eigenvalue weighted by Crippen LogP contribution is -2.43. The first-order valence-corrected chi connectivity index (χ1v) is 19.7. The van der Waals surface area contributed by atoms with E-state index in [1.807, 2.05) is 12.2 Å². The molecule has 2 aromatic carbocycles. The number of unbranched alkanes of at least 4 members (excludes halogenated alkanes) is 4. The average molecular weight is 747 g/mol. The molecule has 1 aliphatic heterocycles. The number of rotatable bonds is 16.